The second-order valence-corrected chi connectivity index (χ2v) is 3.38. The van der Waals surface area contributed by atoms with E-state index in [2.05, 4.69) is 0 Å². The van der Waals surface area contributed by atoms with Crippen molar-refractivity contribution in [2.75, 3.05) is 0 Å². The summed E-state index contributed by atoms with van der Waals surface area (Å²) in [5.41, 5.74) is 0.964. The summed E-state index contributed by atoms with van der Waals surface area (Å²) in [5.74, 6) is -0.309. The van der Waals surface area contributed by atoms with Gasteiger partial charge in [-0.2, -0.15) is 0 Å². The van der Waals surface area contributed by atoms with E-state index < -0.39 is 7.12 Å². The molecule has 1 aliphatic rings. The van der Waals surface area contributed by atoms with Crippen molar-refractivity contribution in [1.29, 1.82) is 0 Å². The van der Waals surface area contributed by atoms with E-state index >= 15 is 0 Å². The van der Waals surface area contributed by atoms with E-state index in [1.165, 1.54) is 12.2 Å². The van der Waals surface area contributed by atoms with Gasteiger partial charge >= 0.3 is 7.12 Å². The van der Waals surface area contributed by atoms with Crippen LogP contribution in [0.5, 0.6) is 0 Å². The molecule has 2 nitrogen and oxygen atoms in total. The quantitative estimate of drug-likeness (QED) is 0.628. The summed E-state index contributed by atoms with van der Waals surface area (Å²) in [7, 11) is -1.52. The first kappa shape index (κ1) is 11.2. The molecule has 0 atom stereocenters. The standard InChI is InChI=1S/C10H14BFO2/c1-8-7-9(12)5-3-2-4-6-10(8)11(13)14/h5-7,13-14H,2-4H2,1H3/b8-7?,9-5-,10-6?. The summed E-state index contributed by atoms with van der Waals surface area (Å²) in [6, 6.07) is 0. The first-order valence-corrected chi connectivity index (χ1v) is 4.72. The van der Waals surface area contributed by atoms with E-state index in [0.717, 1.165) is 12.8 Å². The third kappa shape index (κ3) is 3.12. The molecule has 0 heterocycles. The Labute approximate surface area is 83.6 Å². The van der Waals surface area contributed by atoms with Crippen LogP contribution < -0.4 is 0 Å². The van der Waals surface area contributed by atoms with Gasteiger partial charge in [0.2, 0.25) is 0 Å². The monoisotopic (exact) mass is 196 g/mol. The predicted octanol–water partition coefficient (Wildman–Crippen LogP) is 1.91. The van der Waals surface area contributed by atoms with Gasteiger partial charge in [0.25, 0.3) is 0 Å². The molecule has 1 rings (SSSR count). The van der Waals surface area contributed by atoms with Crippen LogP contribution in [0.3, 0.4) is 0 Å². The highest BCUT2D eigenvalue weighted by atomic mass is 19.1. The van der Waals surface area contributed by atoms with Gasteiger partial charge in [0.15, 0.2) is 0 Å². The summed E-state index contributed by atoms with van der Waals surface area (Å²) in [5, 5.41) is 18.1. The Bertz CT molecular complexity index is 292. The zero-order chi connectivity index (χ0) is 10.6. The summed E-state index contributed by atoms with van der Waals surface area (Å²) < 4.78 is 13.1. The number of rotatable bonds is 1. The third-order valence-electron chi connectivity index (χ3n) is 2.20. The zero-order valence-electron chi connectivity index (χ0n) is 8.20. The van der Waals surface area contributed by atoms with Crippen molar-refractivity contribution in [1.82, 2.24) is 0 Å². The van der Waals surface area contributed by atoms with Crippen LogP contribution in [-0.2, 0) is 0 Å². The Balaban J connectivity index is 2.96. The van der Waals surface area contributed by atoms with E-state index in [1.807, 2.05) is 0 Å². The van der Waals surface area contributed by atoms with Crippen molar-refractivity contribution in [3.8, 4) is 0 Å². The molecular weight excluding hydrogens is 182 g/mol. The number of halogens is 1. The minimum atomic E-state index is -1.52. The lowest BCUT2D eigenvalue weighted by molar-refractivity contribution is 0.419. The van der Waals surface area contributed by atoms with Crippen molar-refractivity contribution >= 4 is 7.12 Å². The molecule has 0 amide bonds. The minimum Gasteiger partial charge on any atom is -0.423 e. The molecule has 0 saturated heterocycles. The fourth-order valence-corrected chi connectivity index (χ4v) is 1.43. The highest BCUT2D eigenvalue weighted by Crippen LogP contribution is 2.18. The summed E-state index contributed by atoms with van der Waals surface area (Å²) in [4.78, 5) is 0. The number of hydrogen-bond acceptors (Lipinski definition) is 2. The minimum absolute atomic E-state index is 0.309. The number of allylic oxidation sites excluding steroid dienone is 6. The lowest BCUT2D eigenvalue weighted by Gasteiger charge is -2.05. The molecule has 1 aliphatic carbocycles. The van der Waals surface area contributed by atoms with Crippen LogP contribution in [0.25, 0.3) is 0 Å². The Kier molecular flexibility index (Phi) is 4.10. The molecule has 4 heteroatoms. The molecule has 0 aromatic heterocycles. The maximum absolute atomic E-state index is 13.1. The highest BCUT2D eigenvalue weighted by Gasteiger charge is 2.16. The third-order valence-corrected chi connectivity index (χ3v) is 2.20. The van der Waals surface area contributed by atoms with Gasteiger partial charge in [-0.05, 0) is 49.4 Å². The average molecular weight is 196 g/mol. The Morgan fingerprint density at radius 3 is 2.57 bits per heavy atom. The van der Waals surface area contributed by atoms with Gasteiger partial charge in [0, 0.05) is 0 Å². The van der Waals surface area contributed by atoms with Crippen molar-refractivity contribution in [3.05, 3.63) is 35.1 Å². The highest BCUT2D eigenvalue weighted by molar-refractivity contribution is 6.52. The maximum Gasteiger partial charge on any atom is 0.488 e. The second kappa shape index (κ2) is 5.12. The van der Waals surface area contributed by atoms with E-state index in [0.29, 0.717) is 17.5 Å². The summed E-state index contributed by atoms with van der Waals surface area (Å²) >= 11 is 0. The van der Waals surface area contributed by atoms with Crippen LogP contribution >= 0.6 is 0 Å². The molecule has 0 bridgehead atoms. The Morgan fingerprint density at radius 1 is 1.29 bits per heavy atom. The fraction of sp³-hybridized carbons (Fsp3) is 0.400. The van der Waals surface area contributed by atoms with Gasteiger partial charge in [0.1, 0.15) is 5.83 Å². The zero-order valence-corrected chi connectivity index (χ0v) is 8.20. The molecule has 0 aliphatic heterocycles. The van der Waals surface area contributed by atoms with Crippen molar-refractivity contribution in [2.24, 2.45) is 0 Å². The SMILES string of the molecule is CC1=C/C(F)=C/CCCC=C1B(O)O. The van der Waals surface area contributed by atoms with E-state index in [4.69, 9.17) is 10.0 Å². The average Bonchev–Trinajstić information content (AvgIpc) is 2.15. The van der Waals surface area contributed by atoms with Gasteiger partial charge < -0.3 is 10.0 Å². The first-order valence-electron chi connectivity index (χ1n) is 4.72. The lowest BCUT2D eigenvalue weighted by atomic mass is 9.74. The molecule has 0 aromatic rings. The van der Waals surface area contributed by atoms with Crippen LogP contribution in [0.4, 0.5) is 4.39 Å². The van der Waals surface area contributed by atoms with Gasteiger partial charge in [-0.3, -0.25) is 0 Å². The van der Waals surface area contributed by atoms with Crippen molar-refractivity contribution in [2.45, 2.75) is 26.2 Å². The molecular formula is C10H14BFO2. The molecule has 76 valence electrons. The normalized spacial score (nSPS) is 22.1. The van der Waals surface area contributed by atoms with Gasteiger partial charge in [-0.25, -0.2) is 4.39 Å². The topological polar surface area (TPSA) is 40.5 Å². The summed E-state index contributed by atoms with van der Waals surface area (Å²) in [6.45, 7) is 1.67. The van der Waals surface area contributed by atoms with Crippen LogP contribution in [0.15, 0.2) is 35.1 Å². The Morgan fingerprint density at radius 2 is 1.93 bits per heavy atom. The Hall–Kier alpha value is -0.865. The molecule has 0 saturated carbocycles. The smallest absolute Gasteiger partial charge is 0.423 e. The van der Waals surface area contributed by atoms with Crippen LogP contribution in [0, 0.1) is 0 Å². The molecule has 2 N–H and O–H groups in total. The van der Waals surface area contributed by atoms with Crippen molar-refractivity contribution in [3.63, 3.8) is 0 Å². The molecule has 0 spiro atoms. The maximum atomic E-state index is 13.1. The molecule has 0 unspecified atom stereocenters. The van der Waals surface area contributed by atoms with E-state index in [9.17, 15) is 4.39 Å². The lowest BCUT2D eigenvalue weighted by Crippen LogP contribution is -2.16. The van der Waals surface area contributed by atoms with E-state index in [-0.39, 0.29) is 5.83 Å². The number of hydrogen-bond donors (Lipinski definition) is 2. The second-order valence-electron chi connectivity index (χ2n) is 3.38. The van der Waals surface area contributed by atoms with Gasteiger partial charge in [-0.15, -0.1) is 0 Å². The first-order chi connectivity index (χ1) is 6.61. The molecule has 0 aromatic carbocycles. The molecule has 0 radical (unpaired) electrons. The molecule has 14 heavy (non-hydrogen) atoms. The van der Waals surface area contributed by atoms with Gasteiger partial charge in [0.05, 0.1) is 0 Å². The van der Waals surface area contributed by atoms with Crippen LogP contribution in [0.1, 0.15) is 26.2 Å². The van der Waals surface area contributed by atoms with Crippen LogP contribution in [0.2, 0.25) is 0 Å². The predicted molar refractivity (Wildman–Crippen MR) is 55.1 cm³/mol. The van der Waals surface area contributed by atoms with Crippen molar-refractivity contribution < 1.29 is 14.4 Å². The van der Waals surface area contributed by atoms with Gasteiger partial charge in [-0.1, -0.05) is 6.08 Å². The molecule has 0 fully saturated rings. The fourth-order valence-electron chi connectivity index (χ4n) is 1.43. The van der Waals surface area contributed by atoms with E-state index in [1.54, 1.807) is 13.0 Å². The summed E-state index contributed by atoms with van der Waals surface area (Å²) in [6.07, 6.45) is 6.84. The largest absolute Gasteiger partial charge is 0.488 e. The van der Waals surface area contributed by atoms with Crippen LogP contribution in [-0.4, -0.2) is 17.2 Å².